The molecular formula is C23H29ClN4O3S3. The highest BCUT2D eigenvalue weighted by Gasteiger charge is 2.35. The number of thiophene rings is 1. The van der Waals surface area contributed by atoms with Gasteiger partial charge in [-0.05, 0) is 69.9 Å². The first kappa shape index (κ1) is 25.5. The smallest absolute Gasteiger partial charge is 0.252 e. The third-order valence-electron chi connectivity index (χ3n) is 6.06. The Morgan fingerprint density at radius 2 is 1.94 bits per heavy atom. The minimum Gasteiger partial charge on any atom is -0.309 e. The van der Waals surface area contributed by atoms with E-state index in [2.05, 4.69) is 4.90 Å². The number of halogens is 1. The maximum absolute atomic E-state index is 13.7. The first-order valence-corrected chi connectivity index (χ1v) is 14.8. The summed E-state index contributed by atoms with van der Waals surface area (Å²) < 4.78 is 28.5. The van der Waals surface area contributed by atoms with Crippen LogP contribution in [0.3, 0.4) is 0 Å². The lowest BCUT2D eigenvalue weighted by atomic mass is 9.96. The number of nitrogens with zero attached hydrogens (tertiary/aromatic N) is 4. The molecule has 184 valence electrons. The van der Waals surface area contributed by atoms with Crippen LogP contribution in [0.25, 0.3) is 10.2 Å². The van der Waals surface area contributed by atoms with E-state index in [4.69, 9.17) is 16.6 Å². The van der Waals surface area contributed by atoms with Gasteiger partial charge in [0.15, 0.2) is 5.13 Å². The molecule has 34 heavy (non-hydrogen) atoms. The van der Waals surface area contributed by atoms with Gasteiger partial charge in [-0.3, -0.25) is 9.69 Å². The monoisotopic (exact) mass is 540 g/mol. The molecule has 1 fully saturated rings. The number of hydrogen-bond acceptors (Lipinski definition) is 7. The van der Waals surface area contributed by atoms with E-state index < -0.39 is 10.0 Å². The van der Waals surface area contributed by atoms with E-state index in [0.29, 0.717) is 46.8 Å². The van der Waals surface area contributed by atoms with Crippen molar-refractivity contribution in [2.45, 2.75) is 30.4 Å². The number of aromatic nitrogens is 1. The van der Waals surface area contributed by atoms with Crippen LogP contribution in [0.4, 0.5) is 5.13 Å². The summed E-state index contributed by atoms with van der Waals surface area (Å²) in [6.45, 7) is 4.08. The van der Waals surface area contributed by atoms with Crippen LogP contribution < -0.4 is 4.90 Å². The number of piperidine rings is 1. The number of amides is 1. The Balaban J connectivity index is 1.53. The molecule has 0 radical (unpaired) electrons. The summed E-state index contributed by atoms with van der Waals surface area (Å²) in [6, 6.07) is 7.18. The van der Waals surface area contributed by atoms with Crippen LogP contribution in [0.15, 0.2) is 33.9 Å². The van der Waals surface area contributed by atoms with Crippen molar-refractivity contribution in [2.75, 3.05) is 45.2 Å². The van der Waals surface area contributed by atoms with Crippen LogP contribution >= 0.6 is 34.3 Å². The van der Waals surface area contributed by atoms with E-state index in [1.807, 2.05) is 33.2 Å². The Bertz CT molecular complexity index is 1210. The zero-order valence-electron chi connectivity index (χ0n) is 19.5. The molecule has 0 aliphatic carbocycles. The van der Waals surface area contributed by atoms with E-state index in [-0.39, 0.29) is 11.8 Å². The van der Waals surface area contributed by atoms with Crippen molar-refractivity contribution in [3.8, 4) is 0 Å². The lowest BCUT2D eigenvalue weighted by molar-refractivity contribution is -0.123. The quantitative estimate of drug-likeness (QED) is 0.414. The van der Waals surface area contributed by atoms with Crippen molar-refractivity contribution in [1.29, 1.82) is 0 Å². The molecular weight excluding hydrogens is 512 g/mol. The number of anilines is 1. The van der Waals surface area contributed by atoms with Crippen molar-refractivity contribution in [3.63, 3.8) is 0 Å². The van der Waals surface area contributed by atoms with Crippen LogP contribution in [-0.4, -0.2) is 68.8 Å². The predicted octanol–water partition coefficient (Wildman–Crippen LogP) is 4.71. The molecule has 1 amide bonds. The highest BCUT2D eigenvalue weighted by molar-refractivity contribution is 7.91. The van der Waals surface area contributed by atoms with Gasteiger partial charge in [0.2, 0.25) is 5.91 Å². The molecule has 2 aromatic heterocycles. The summed E-state index contributed by atoms with van der Waals surface area (Å²) in [6.07, 6.45) is 1.81. The summed E-state index contributed by atoms with van der Waals surface area (Å²) >= 11 is 9.09. The van der Waals surface area contributed by atoms with Crippen LogP contribution in [0.2, 0.25) is 5.02 Å². The Morgan fingerprint density at radius 1 is 1.21 bits per heavy atom. The molecule has 4 rings (SSSR count). The maximum atomic E-state index is 13.7. The van der Waals surface area contributed by atoms with Crippen LogP contribution in [0.5, 0.6) is 0 Å². The zero-order valence-corrected chi connectivity index (χ0v) is 22.7. The minimum absolute atomic E-state index is 0.0137. The summed E-state index contributed by atoms with van der Waals surface area (Å²) in [5.74, 6) is -0.225. The summed E-state index contributed by atoms with van der Waals surface area (Å²) in [7, 11) is 0.527. The topological polar surface area (TPSA) is 73.8 Å². The molecule has 3 heterocycles. The van der Waals surface area contributed by atoms with E-state index >= 15 is 0 Å². The number of aryl methyl sites for hydroxylation is 1. The van der Waals surface area contributed by atoms with Gasteiger partial charge < -0.3 is 4.90 Å². The Morgan fingerprint density at radius 3 is 2.56 bits per heavy atom. The lowest BCUT2D eigenvalue weighted by Gasteiger charge is -2.32. The number of rotatable bonds is 8. The fraction of sp³-hybridized carbons (Fsp3) is 0.478. The highest BCUT2D eigenvalue weighted by Crippen LogP contribution is 2.37. The van der Waals surface area contributed by atoms with Gasteiger partial charge in [-0.1, -0.05) is 35.1 Å². The fourth-order valence-corrected chi connectivity index (χ4v) is 8.11. The van der Waals surface area contributed by atoms with Gasteiger partial charge in [0.25, 0.3) is 10.0 Å². The predicted molar refractivity (Wildman–Crippen MR) is 141 cm³/mol. The van der Waals surface area contributed by atoms with E-state index in [1.54, 1.807) is 22.4 Å². The van der Waals surface area contributed by atoms with Crippen LogP contribution in [0, 0.1) is 12.8 Å². The molecule has 1 aromatic carbocycles. The van der Waals surface area contributed by atoms with E-state index in [9.17, 15) is 13.2 Å². The number of sulfonamides is 1. The van der Waals surface area contributed by atoms with Gasteiger partial charge in [-0.15, -0.1) is 11.3 Å². The average Bonchev–Trinajstić information content (AvgIpc) is 3.50. The summed E-state index contributed by atoms with van der Waals surface area (Å²) in [5.41, 5.74) is 1.85. The fourth-order valence-electron chi connectivity index (χ4n) is 4.15. The number of benzene rings is 1. The second-order valence-corrected chi connectivity index (χ2v) is 13.3. The average molecular weight is 541 g/mol. The van der Waals surface area contributed by atoms with Gasteiger partial charge in [0.1, 0.15) is 4.21 Å². The second-order valence-electron chi connectivity index (χ2n) is 8.80. The third kappa shape index (κ3) is 5.32. The molecule has 0 unspecified atom stereocenters. The lowest BCUT2D eigenvalue weighted by Crippen LogP contribution is -2.45. The molecule has 0 atom stereocenters. The van der Waals surface area contributed by atoms with E-state index in [0.717, 1.165) is 28.7 Å². The van der Waals surface area contributed by atoms with Gasteiger partial charge in [0.05, 0.1) is 15.2 Å². The molecule has 1 saturated heterocycles. The molecule has 1 aliphatic rings. The van der Waals surface area contributed by atoms with Gasteiger partial charge >= 0.3 is 0 Å². The zero-order chi connectivity index (χ0) is 24.5. The van der Waals surface area contributed by atoms with Crippen molar-refractivity contribution < 1.29 is 13.2 Å². The third-order valence-corrected chi connectivity index (χ3v) is 10.9. The molecule has 0 bridgehead atoms. The van der Waals surface area contributed by atoms with Gasteiger partial charge in [0, 0.05) is 25.6 Å². The van der Waals surface area contributed by atoms with Crippen LogP contribution in [0.1, 0.15) is 24.8 Å². The molecule has 0 N–H and O–H groups in total. The summed E-state index contributed by atoms with van der Waals surface area (Å²) in [4.78, 5) is 22.4. The molecule has 7 nitrogen and oxygen atoms in total. The summed E-state index contributed by atoms with van der Waals surface area (Å²) in [5, 5.41) is 3.06. The Labute approximate surface area is 214 Å². The van der Waals surface area contributed by atoms with Gasteiger partial charge in [-0.2, -0.15) is 4.31 Å². The van der Waals surface area contributed by atoms with Crippen molar-refractivity contribution >= 4 is 65.6 Å². The number of fused-ring (bicyclic) bond motifs is 1. The van der Waals surface area contributed by atoms with Gasteiger partial charge in [-0.25, -0.2) is 13.4 Å². The molecule has 3 aromatic rings. The van der Waals surface area contributed by atoms with Crippen molar-refractivity contribution in [1.82, 2.24) is 14.2 Å². The number of thiazole rings is 1. The normalized spacial score (nSPS) is 15.9. The first-order valence-electron chi connectivity index (χ1n) is 11.2. The van der Waals surface area contributed by atoms with E-state index in [1.165, 1.54) is 27.0 Å². The largest absolute Gasteiger partial charge is 0.309 e. The first-order chi connectivity index (χ1) is 16.2. The second kappa shape index (κ2) is 10.6. The van der Waals surface area contributed by atoms with Crippen molar-refractivity contribution in [3.05, 3.63) is 40.2 Å². The highest BCUT2D eigenvalue weighted by atomic mass is 35.5. The van der Waals surface area contributed by atoms with Crippen molar-refractivity contribution in [2.24, 2.45) is 5.92 Å². The molecule has 0 spiro atoms. The number of hydrogen-bond donors (Lipinski definition) is 0. The maximum Gasteiger partial charge on any atom is 0.252 e. The number of carbonyl (C=O) groups excluding carboxylic acids is 1. The molecule has 11 heteroatoms. The van der Waals surface area contributed by atoms with Crippen LogP contribution in [-0.2, 0) is 14.8 Å². The molecule has 1 aliphatic heterocycles. The SMILES string of the molecule is Cc1ccc(Cl)c2sc(N(CCCN(C)C)C(=O)C3CCN(S(=O)(=O)c4cccs4)CC3)nc12. The molecule has 0 saturated carbocycles. The Kier molecular flexibility index (Phi) is 7.95. The number of carbonyl (C=O) groups is 1. The Hall–Kier alpha value is -1.56. The standard InChI is InChI=1S/C23H29ClN4O3S3/c1-16-7-8-18(24)21-20(16)25-23(33-21)28(12-5-11-26(2)3)22(29)17-9-13-27(14-10-17)34(30,31)19-6-4-15-32-19/h4,6-8,15,17H,5,9-14H2,1-3H3. The minimum atomic E-state index is -3.49.